The summed E-state index contributed by atoms with van der Waals surface area (Å²) in [4.78, 5) is 36.6. The molecule has 0 aromatic carbocycles. The molecule has 0 aliphatic carbocycles. The van der Waals surface area contributed by atoms with Gasteiger partial charge in [0.1, 0.15) is 5.69 Å². The van der Waals surface area contributed by atoms with Gasteiger partial charge in [-0.25, -0.2) is 0 Å². The molecule has 3 N–H and O–H groups in total. The molecule has 0 atom stereocenters. The maximum absolute atomic E-state index is 11.6. The number of primary amides is 1. The van der Waals surface area contributed by atoms with Crippen molar-refractivity contribution in [1.82, 2.24) is 9.88 Å². The number of amides is 2. The number of H-pyrrole nitrogens is 1. The maximum atomic E-state index is 11.6. The molecule has 2 amide bonds. The Morgan fingerprint density at radius 1 is 1.47 bits per heavy atom. The first-order valence-corrected chi connectivity index (χ1v) is 4.24. The first kappa shape index (κ1) is 11.0. The summed E-state index contributed by atoms with van der Waals surface area (Å²) in [5.41, 5.74) is 4.70. The van der Waals surface area contributed by atoms with Gasteiger partial charge in [0.05, 0.1) is 6.54 Å². The van der Waals surface area contributed by atoms with Crippen molar-refractivity contribution in [1.29, 1.82) is 0 Å². The van der Waals surface area contributed by atoms with Crippen LogP contribution in [0.1, 0.15) is 10.5 Å². The fourth-order valence-electron chi connectivity index (χ4n) is 1.08. The summed E-state index contributed by atoms with van der Waals surface area (Å²) >= 11 is 0. The number of carbonyl (C=O) groups excluding carboxylic acids is 2. The van der Waals surface area contributed by atoms with E-state index in [1.807, 2.05) is 0 Å². The number of nitrogens with one attached hydrogen (secondary N) is 1. The van der Waals surface area contributed by atoms with Crippen molar-refractivity contribution in [2.45, 2.75) is 0 Å². The Morgan fingerprint density at radius 2 is 2.13 bits per heavy atom. The average Bonchev–Trinajstić information content (AvgIpc) is 2.15. The molecule has 0 saturated carbocycles. The van der Waals surface area contributed by atoms with Gasteiger partial charge in [-0.1, -0.05) is 6.07 Å². The van der Waals surface area contributed by atoms with Crippen molar-refractivity contribution in [2.75, 3.05) is 13.6 Å². The van der Waals surface area contributed by atoms with Gasteiger partial charge in [0, 0.05) is 13.1 Å². The van der Waals surface area contributed by atoms with Crippen LogP contribution in [-0.2, 0) is 4.79 Å². The summed E-state index contributed by atoms with van der Waals surface area (Å²) in [6.07, 6.45) is 0. The molecule has 0 aliphatic heterocycles. The molecule has 80 valence electrons. The van der Waals surface area contributed by atoms with E-state index < -0.39 is 11.8 Å². The predicted molar refractivity (Wildman–Crippen MR) is 53.2 cm³/mol. The van der Waals surface area contributed by atoms with Gasteiger partial charge in [-0.3, -0.25) is 14.4 Å². The summed E-state index contributed by atoms with van der Waals surface area (Å²) in [5.74, 6) is -1.06. The second-order valence-corrected chi connectivity index (χ2v) is 3.06. The lowest BCUT2D eigenvalue weighted by atomic mass is 10.3. The third-order valence-corrected chi connectivity index (χ3v) is 1.74. The Balaban J connectivity index is 2.85. The van der Waals surface area contributed by atoms with Crippen LogP contribution in [-0.4, -0.2) is 35.3 Å². The highest BCUT2D eigenvalue weighted by Crippen LogP contribution is 1.96. The monoisotopic (exact) mass is 209 g/mol. The minimum absolute atomic E-state index is 0.131. The van der Waals surface area contributed by atoms with E-state index in [0.29, 0.717) is 0 Å². The highest BCUT2D eigenvalue weighted by Gasteiger charge is 2.13. The van der Waals surface area contributed by atoms with Crippen molar-refractivity contribution in [3.8, 4) is 0 Å². The van der Waals surface area contributed by atoms with Gasteiger partial charge in [-0.2, -0.15) is 0 Å². The smallest absolute Gasteiger partial charge is 0.270 e. The number of hydrogen-bond acceptors (Lipinski definition) is 3. The second-order valence-electron chi connectivity index (χ2n) is 3.06. The minimum Gasteiger partial charge on any atom is -0.368 e. The third kappa shape index (κ3) is 2.94. The minimum atomic E-state index is -0.607. The first-order valence-electron chi connectivity index (χ1n) is 4.24. The summed E-state index contributed by atoms with van der Waals surface area (Å²) in [6, 6.07) is 4.22. The molecule has 0 radical (unpaired) electrons. The summed E-state index contributed by atoms with van der Waals surface area (Å²) in [7, 11) is 1.43. The number of aromatic nitrogens is 1. The Morgan fingerprint density at radius 3 is 2.67 bits per heavy atom. The van der Waals surface area contributed by atoms with Gasteiger partial charge in [-0.15, -0.1) is 0 Å². The van der Waals surface area contributed by atoms with Crippen molar-refractivity contribution in [3.63, 3.8) is 0 Å². The van der Waals surface area contributed by atoms with E-state index >= 15 is 0 Å². The molecule has 1 aromatic heterocycles. The van der Waals surface area contributed by atoms with Crippen LogP contribution in [0.2, 0.25) is 0 Å². The van der Waals surface area contributed by atoms with Gasteiger partial charge in [-0.05, 0) is 6.07 Å². The quantitative estimate of drug-likeness (QED) is 0.663. The molecule has 6 heteroatoms. The first-order chi connectivity index (χ1) is 7.00. The third-order valence-electron chi connectivity index (χ3n) is 1.74. The average molecular weight is 209 g/mol. The number of pyridine rings is 1. The van der Waals surface area contributed by atoms with E-state index in [-0.39, 0.29) is 17.8 Å². The van der Waals surface area contributed by atoms with Crippen LogP contribution in [0.5, 0.6) is 0 Å². The lowest BCUT2D eigenvalue weighted by molar-refractivity contribution is -0.118. The van der Waals surface area contributed by atoms with Crippen molar-refractivity contribution >= 4 is 11.8 Å². The molecule has 0 unspecified atom stereocenters. The van der Waals surface area contributed by atoms with Crippen molar-refractivity contribution < 1.29 is 9.59 Å². The lowest BCUT2D eigenvalue weighted by Crippen LogP contribution is -2.36. The molecule has 1 rings (SSSR count). The van der Waals surface area contributed by atoms with Crippen LogP contribution < -0.4 is 11.3 Å². The summed E-state index contributed by atoms with van der Waals surface area (Å²) < 4.78 is 0. The highest BCUT2D eigenvalue weighted by molar-refractivity contribution is 5.94. The zero-order chi connectivity index (χ0) is 11.4. The fraction of sp³-hybridized carbons (Fsp3) is 0.222. The normalized spacial score (nSPS) is 9.67. The zero-order valence-electron chi connectivity index (χ0n) is 8.19. The van der Waals surface area contributed by atoms with Gasteiger partial charge >= 0.3 is 0 Å². The highest BCUT2D eigenvalue weighted by atomic mass is 16.2. The topological polar surface area (TPSA) is 96.3 Å². The standard InChI is InChI=1S/C9H11N3O3/c1-12(5-7(10)13)9(15)6-3-2-4-8(14)11-6/h2-4H,5H2,1H3,(H2,10,13)(H,11,14). The number of hydrogen-bond donors (Lipinski definition) is 2. The van der Waals surface area contributed by atoms with E-state index in [0.717, 1.165) is 4.90 Å². The van der Waals surface area contributed by atoms with Gasteiger partial charge in [0.25, 0.3) is 5.91 Å². The van der Waals surface area contributed by atoms with E-state index in [2.05, 4.69) is 4.98 Å². The fourth-order valence-corrected chi connectivity index (χ4v) is 1.08. The summed E-state index contributed by atoms with van der Waals surface area (Å²) in [5, 5.41) is 0. The molecule has 0 fully saturated rings. The number of nitrogens with zero attached hydrogens (tertiary/aromatic N) is 1. The molecule has 1 heterocycles. The molecule has 15 heavy (non-hydrogen) atoms. The van der Waals surface area contributed by atoms with Crippen molar-refractivity contribution in [3.05, 3.63) is 34.2 Å². The summed E-state index contributed by atoms with van der Waals surface area (Å²) in [6.45, 7) is -0.185. The van der Waals surface area contributed by atoms with Crippen LogP contribution in [0.4, 0.5) is 0 Å². The number of rotatable bonds is 3. The Labute approximate surface area is 85.7 Å². The van der Waals surface area contributed by atoms with Crippen LogP contribution in [0.15, 0.2) is 23.0 Å². The molecular formula is C9H11N3O3. The van der Waals surface area contributed by atoms with E-state index in [4.69, 9.17) is 5.73 Å². The largest absolute Gasteiger partial charge is 0.368 e. The lowest BCUT2D eigenvalue weighted by Gasteiger charge is -2.14. The molecule has 6 nitrogen and oxygen atoms in total. The van der Waals surface area contributed by atoms with Crippen molar-refractivity contribution in [2.24, 2.45) is 5.73 Å². The Kier molecular flexibility index (Phi) is 3.22. The van der Waals surface area contributed by atoms with Crippen LogP contribution >= 0.6 is 0 Å². The zero-order valence-corrected chi connectivity index (χ0v) is 8.19. The van der Waals surface area contributed by atoms with Gasteiger partial charge in [0.15, 0.2) is 0 Å². The van der Waals surface area contributed by atoms with Crippen LogP contribution in [0.3, 0.4) is 0 Å². The van der Waals surface area contributed by atoms with Gasteiger partial charge < -0.3 is 15.6 Å². The van der Waals surface area contributed by atoms with E-state index in [9.17, 15) is 14.4 Å². The molecule has 0 saturated heterocycles. The Hall–Kier alpha value is -2.11. The number of likely N-dealkylation sites (N-methyl/N-ethyl adjacent to an activating group) is 1. The van der Waals surface area contributed by atoms with Gasteiger partial charge in [0.2, 0.25) is 11.5 Å². The predicted octanol–water partition coefficient (Wildman–Crippen LogP) is -1.07. The van der Waals surface area contributed by atoms with E-state index in [1.54, 1.807) is 0 Å². The molecule has 0 bridgehead atoms. The van der Waals surface area contributed by atoms with Crippen LogP contribution in [0.25, 0.3) is 0 Å². The Bertz CT molecular complexity index is 438. The number of carbonyl (C=O) groups is 2. The van der Waals surface area contributed by atoms with E-state index in [1.165, 1.54) is 25.2 Å². The molecule has 0 aliphatic rings. The molecule has 1 aromatic rings. The molecule has 0 spiro atoms. The number of nitrogens with two attached hydrogens (primary N) is 1. The number of aromatic amines is 1. The SMILES string of the molecule is CN(CC(N)=O)C(=O)c1cccc(=O)[nH]1. The van der Waals surface area contributed by atoms with Crippen LogP contribution in [0, 0.1) is 0 Å². The molecular weight excluding hydrogens is 198 g/mol. The second kappa shape index (κ2) is 4.41. The maximum Gasteiger partial charge on any atom is 0.270 e.